The molecule has 0 aliphatic carbocycles. The van der Waals surface area contributed by atoms with Crippen LogP contribution >= 0.6 is 0 Å². The van der Waals surface area contributed by atoms with Gasteiger partial charge in [0.05, 0.1) is 12.7 Å². The number of ketones is 1. The number of nitrogens with one attached hydrogen (secondary N) is 1. The molecule has 0 spiro atoms. The van der Waals surface area contributed by atoms with E-state index in [0.29, 0.717) is 0 Å². The fraction of sp³-hybridized carbons (Fsp3) is 0.273. The summed E-state index contributed by atoms with van der Waals surface area (Å²) in [5.74, 6) is -2.30. The number of hydrogen-bond donors (Lipinski definition) is 2. The summed E-state index contributed by atoms with van der Waals surface area (Å²) < 4.78 is 4.79. The van der Waals surface area contributed by atoms with Gasteiger partial charge in [-0.1, -0.05) is 6.92 Å². The van der Waals surface area contributed by atoms with Gasteiger partial charge in [0.15, 0.2) is 11.5 Å². The van der Waals surface area contributed by atoms with E-state index in [-0.39, 0.29) is 24.4 Å². The molecule has 7 heteroatoms. The fourth-order valence-corrected chi connectivity index (χ4v) is 1.06. The van der Waals surface area contributed by atoms with Crippen molar-refractivity contribution < 1.29 is 23.9 Å². The Hall–Kier alpha value is -2.44. The molecule has 0 saturated heterocycles. The van der Waals surface area contributed by atoms with E-state index in [2.05, 4.69) is 5.10 Å². The molecule has 0 saturated carbocycles. The summed E-state index contributed by atoms with van der Waals surface area (Å²) in [7, 11) is 0. The predicted molar refractivity (Wildman–Crippen MR) is 61.2 cm³/mol. The molecule has 2 N–H and O–H groups in total. The number of furan rings is 1. The van der Waals surface area contributed by atoms with E-state index < -0.39 is 17.6 Å². The van der Waals surface area contributed by atoms with Gasteiger partial charge in [-0.15, -0.1) is 0 Å². The number of carboxylic acid groups (broad SMARTS) is 1. The number of carbonyl (C=O) groups excluding carboxylic acids is 2. The molecular weight excluding hydrogens is 240 g/mol. The average molecular weight is 252 g/mol. The van der Waals surface area contributed by atoms with Crippen LogP contribution < -0.4 is 5.43 Å². The predicted octanol–water partition coefficient (Wildman–Crippen LogP) is 0.819. The number of hydrazone groups is 1. The van der Waals surface area contributed by atoms with Crippen molar-refractivity contribution in [1.82, 2.24) is 5.43 Å². The molecule has 0 unspecified atom stereocenters. The van der Waals surface area contributed by atoms with Gasteiger partial charge in [-0.05, 0) is 12.1 Å². The van der Waals surface area contributed by atoms with Crippen LogP contribution in [0.4, 0.5) is 0 Å². The maximum absolute atomic E-state index is 11.4. The van der Waals surface area contributed by atoms with Crippen molar-refractivity contribution >= 4 is 23.4 Å². The molecule has 1 rings (SSSR count). The maximum Gasteiger partial charge on any atom is 0.352 e. The summed E-state index contributed by atoms with van der Waals surface area (Å²) in [4.78, 5) is 33.3. The summed E-state index contributed by atoms with van der Waals surface area (Å²) in [5.41, 5.74) is 1.60. The molecule has 1 aromatic heterocycles. The van der Waals surface area contributed by atoms with Crippen molar-refractivity contribution in [2.45, 2.75) is 19.8 Å². The minimum absolute atomic E-state index is 0.00491. The first kappa shape index (κ1) is 13.6. The van der Waals surface area contributed by atoms with Crippen molar-refractivity contribution in [2.75, 3.05) is 0 Å². The second-order valence-electron chi connectivity index (χ2n) is 3.35. The summed E-state index contributed by atoms with van der Waals surface area (Å²) in [5, 5.41) is 12.2. The molecule has 1 aromatic rings. The number of carboxylic acids is 1. The molecular formula is C11H12N2O5. The topological polar surface area (TPSA) is 109 Å². The molecule has 0 aromatic carbocycles. The van der Waals surface area contributed by atoms with Crippen LogP contribution in [0.1, 0.15) is 30.3 Å². The molecule has 0 radical (unpaired) electrons. The van der Waals surface area contributed by atoms with Crippen LogP contribution in [0.3, 0.4) is 0 Å². The Morgan fingerprint density at radius 2 is 2.17 bits per heavy atom. The third kappa shape index (κ3) is 3.85. The van der Waals surface area contributed by atoms with Gasteiger partial charge >= 0.3 is 11.9 Å². The Morgan fingerprint density at radius 1 is 1.44 bits per heavy atom. The lowest BCUT2D eigenvalue weighted by Crippen LogP contribution is -2.24. The van der Waals surface area contributed by atoms with Gasteiger partial charge in [0.2, 0.25) is 0 Å². The first-order valence-electron chi connectivity index (χ1n) is 5.20. The third-order valence-corrected chi connectivity index (χ3v) is 2.04. The highest BCUT2D eigenvalue weighted by atomic mass is 16.4. The summed E-state index contributed by atoms with van der Waals surface area (Å²) in [6.07, 6.45) is 1.18. The van der Waals surface area contributed by atoms with Crippen molar-refractivity contribution in [3.05, 3.63) is 24.2 Å². The van der Waals surface area contributed by atoms with E-state index in [1.165, 1.54) is 18.4 Å². The molecule has 1 heterocycles. The molecule has 0 atom stereocenters. The quantitative estimate of drug-likeness (QED) is 0.575. The van der Waals surface area contributed by atoms with Crippen molar-refractivity contribution in [3.8, 4) is 0 Å². The smallest absolute Gasteiger partial charge is 0.352 e. The molecule has 1 amide bonds. The standard InChI is InChI=1S/C11H12N2O5/c1-2-7(14)6-8(11(16)17)12-13-10(15)9-4-3-5-18-9/h3-5H,2,6H2,1H3,(H,13,15)(H,16,17). The summed E-state index contributed by atoms with van der Waals surface area (Å²) in [6.45, 7) is 1.61. The van der Waals surface area contributed by atoms with Crippen LogP contribution in [0, 0.1) is 0 Å². The molecule has 0 bridgehead atoms. The van der Waals surface area contributed by atoms with E-state index in [9.17, 15) is 14.4 Å². The van der Waals surface area contributed by atoms with Crippen LogP contribution in [0.15, 0.2) is 27.9 Å². The highest BCUT2D eigenvalue weighted by Crippen LogP contribution is 1.99. The molecule has 0 fully saturated rings. The lowest BCUT2D eigenvalue weighted by Gasteiger charge is -2.00. The highest BCUT2D eigenvalue weighted by molar-refractivity contribution is 6.39. The van der Waals surface area contributed by atoms with E-state index in [4.69, 9.17) is 9.52 Å². The summed E-state index contributed by atoms with van der Waals surface area (Å²) >= 11 is 0. The second-order valence-corrected chi connectivity index (χ2v) is 3.35. The SMILES string of the molecule is CCC(=O)CC(=NNC(=O)c1ccco1)C(=O)O. The largest absolute Gasteiger partial charge is 0.477 e. The van der Waals surface area contributed by atoms with E-state index in [1.54, 1.807) is 6.92 Å². The zero-order chi connectivity index (χ0) is 13.5. The number of rotatable bonds is 6. The monoisotopic (exact) mass is 252 g/mol. The number of aliphatic carboxylic acids is 1. The number of hydrogen-bond acceptors (Lipinski definition) is 5. The van der Waals surface area contributed by atoms with Crippen LogP contribution in [0.2, 0.25) is 0 Å². The minimum atomic E-state index is -1.35. The Balaban J connectivity index is 2.69. The van der Waals surface area contributed by atoms with E-state index in [1.807, 2.05) is 5.43 Å². The van der Waals surface area contributed by atoms with Gasteiger partial charge in [-0.25, -0.2) is 10.2 Å². The van der Waals surface area contributed by atoms with Gasteiger partial charge in [0.25, 0.3) is 0 Å². The Labute approximate surface area is 102 Å². The second kappa shape index (κ2) is 6.33. The molecule has 96 valence electrons. The highest BCUT2D eigenvalue weighted by Gasteiger charge is 2.15. The number of carbonyl (C=O) groups is 3. The first-order valence-corrected chi connectivity index (χ1v) is 5.20. The number of amides is 1. The lowest BCUT2D eigenvalue weighted by atomic mass is 10.1. The van der Waals surface area contributed by atoms with Crippen molar-refractivity contribution in [2.24, 2.45) is 5.10 Å². The Morgan fingerprint density at radius 3 is 2.67 bits per heavy atom. The Bertz CT molecular complexity index is 476. The molecule has 0 aliphatic heterocycles. The number of nitrogens with zero attached hydrogens (tertiary/aromatic N) is 1. The average Bonchev–Trinajstić information content (AvgIpc) is 2.87. The molecule has 18 heavy (non-hydrogen) atoms. The van der Waals surface area contributed by atoms with Gasteiger partial charge < -0.3 is 9.52 Å². The van der Waals surface area contributed by atoms with Crippen LogP contribution in [-0.4, -0.2) is 28.5 Å². The van der Waals surface area contributed by atoms with E-state index >= 15 is 0 Å². The molecule has 0 aliphatic rings. The third-order valence-electron chi connectivity index (χ3n) is 2.04. The van der Waals surface area contributed by atoms with Crippen LogP contribution in [0.5, 0.6) is 0 Å². The zero-order valence-electron chi connectivity index (χ0n) is 9.67. The Kier molecular flexibility index (Phi) is 4.79. The summed E-state index contributed by atoms with van der Waals surface area (Å²) in [6, 6.07) is 2.92. The van der Waals surface area contributed by atoms with Gasteiger partial charge in [-0.2, -0.15) is 5.10 Å². The maximum atomic E-state index is 11.4. The van der Waals surface area contributed by atoms with Crippen molar-refractivity contribution in [3.63, 3.8) is 0 Å². The van der Waals surface area contributed by atoms with Crippen LogP contribution in [0.25, 0.3) is 0 Å². The van der Waals surface area contributed by atoms with Crippen LogP contribution in [-0.2, 0) is 9.59 Å². The fourth-order valence-electron chi connectivity index (χ4n) is 1.06. The number of Topliss-reactive ketones (excluding diaryl/α,β-unsaturated/α-hetero) is 1. The lowest BCUT2D eigenvalue weighted by molar-refractivity contribution is -0.130. The normalized spacial score (nSPS) is 11.1. The minimum Gasteiger partial charge on any atom is -0.477 e. The zero-order valence-corrected chi connectivity index (χ0v) is 9.67. The molecule has 7 nitrogen and oxygen atoms in total. The van der Waals surface area contributed by atoms with E-state index in [0.717, 1.165) is 0 Å². The van der Waals surface area contributed by atoms with Gasteiger partial charge in [0.1, 0.15) is 5.78 Å². The van der Waals surface area contributed by atoms with Gasteiger partial charge in [-0.3, -0.25) is 9.59 Å². The van der Waals surface area contributed by atoms with Gasteiger partial charge in [0, 0.05) is 6.42 Å². The first-order chi connectivity index (χ1) is 8.54. The van der Waals surface area contributed by atoms with Crippen molar-refractivity contribution in [1.29, 1.82) is 0 Å².